The number of likely N-dealkylation sites (N-methyl/N-ethyl adjacent to an activating group) is 1. The van der Waals surface area contributed by atoms with Gasteiger partial charge in [0.05, 0.1) is 6.54 Å². The van der Waals surface area contributed by atoms with Gasteiger partial charge in [-0.25, -0.2) is 0 Å². The van der Waals surface area contributed by atoms with Crippen LogP contribution in [0, 0.1) is 0 Å². The second-order valence-electron chi connectivity index (χ2n) is 0.997. The van der Waals surface area contributed by atoms with Gasteiger partial charge in [-0.15, -0.1) is 34.0 Å². The van der Waals surface area contributed by atoms with Gasteiger partial charge in [0.25, 0.3) is 0 Å². The van der Waals surface area contributed by atoms with E-state index in [-0.39, 0.29) is 46.4 Å². The van der Waals surface area contributed by atoms with Gasteiger partial charge in [0.2, 0.25) is 5.91 Å². The Morgan fingerprint density at radius 1 is 1.62 bits per heavy atom. The first kappa shape index (κ1) is 15.8. The minimum Gasteiger partial charge on any atom is -0.369 e. The molecule has 3 N–H and O–H groups in total. The summed E-state index contributed by atoms with van der Waals surface area (Å²) in [5.41, 5.74) is 4.70. The number of amides is 1. The third kappa shape index (κ3) is 16.2. The van der Waals surface area contributed by atoms with Gasteiger partial charge in [-0.3, -0.25) is 4.79 Å². The first-order chi connectivity index (χ1) is 2.77. The Morgan fingerprint density at radius 2 is 2.00 bits per heavy atom. The fourth-order valence-electron chi connectivity index (χ4n) is 0.174. The summed E-state index contributed by atoms with van der Waals surface area (Å²) in [6.07, 6.45) is 0. The number of hydrogen-bond donors (Lipinski definition) is 2. The van der Waals surface area contributed by atoms with E-state index in [1.165, 1.54) is 0 Å². The van der Waals surface area contributed by atoms with E-state index in [2.05, 4.69) is 5.32 Å². The van der Waals surface area contributed by atoms with E-state index in [9.17, 15) is 4.79 Å². The van der Waals surface area contributed by atoms with Crippen LogP contribution in [0.4, 0.5) is 0 Å². The number of nitrogens with two attached hydrogens (primary N) is 1. The molecule has 0 atom stereocenters. The molecule has 0 spiro atoms. The normalized spacial score (nSPS) is 6.12. The molecule has 0 aliphatic carbocycles. The van der Waals surface area contributed by atoms with Gasteiger partial charge in [0.15, 0.2) is 0 Å². The van der Waals surface area contributed by atoms with Crippen LogP contribution >= 0.6 is 34.0 Å². The number of rotatable bonds is 2. The lowest BCUT2D eigenvalue weighted by molar-refractivity contribution is -0.117. The molecule has 3 nitrogen and oxygen atoms in total. The number of halogens is 2. The predicted molar refractivity (Wildman–Crippen MR) is 43.8 cm³/mol. The quantitative estimate of drug-likeness (QED) is 0.715. The molecular formula is C3H10Br2N2O. The highest BCUT2D eigenvalue weighted by atomic mass is 79.9. The molecule has 0 rings (SSSR count). The molecule has 0 aliphatic heterocycles. The molecule has 1 amide bonds. The van der Waals surface area contributed by atoms with Crippen LogP contribution in [0.2, 0.25) is 0 Å². The molecule has 0 fully saturated rings. The zero-order valence-corrected chi connectivity index (χ0v) is 7.94. The summed E-state index contributed by atoms with van der Waals surface area (Å²) in [5.74, 6) is -0.322. The molecule has 0 saturated heterocycles. The van der Waals surface area contributed by atoms with Crippen molar-refractivity contribution in [3.63, 3.8) is 0 Å². The molecule has 0 aromatic rings. The van der Waals surface area contributed by atoms with Gasteiger partial charge in [0, 0.05) is 0 Å². The van der Waals surface area contributed by atoms with Gasteiger partial charge in [-0.2, -0.15) is 0 Å². The SMILES string of the molecule is Br.Br.CNCC(N)=O. The van der Waals surface area contributed by atoms with Crippen LogP contribution in [0.15, 0.2) is 0 Å². The molecule has 52 valence electrons. The Labute approximate surface area is 69.5 Å². The summed E-state index contributed by atoms with van der Waals surface area (Å²) in [4.78, 5) is 9.76. The minimum atomic E-state index is -0.322. The zero-order valence-electron chi connectivity index (χ0n) is 4.51. The molecule has 0 bridgehead atoms. The predicted octanol–water partition coefficient (Wildman–Crippen LogP) is -0.153. The van der Waals surface area contributed by atoms with Gasteiger partial charge in [-0.1, -0.05) is 0 Å². The molecule has 0 unspecified atom stereocenters. The lowest BCUT2D eigenvalue weighted by Crippen LogP contribution is -2.25. The molecule has 0 heterocycles. The second-order valence-corrected chi connectivity index (χ2v) is 0.997. The monoisotopic (exact) mass is 248 g/mol. The molecule has 0 aromatic heterocycles. The van der Waals surface area contributed by atoms with Crippen molar-refractivity contribution in [2.45, 2.75) is 0 Å². The van der Waals surface area contributed by atoms with Crippen LogP contribution in [0.25, 0.3) is 0 Å². The lowest BCUT2D eigenvalue weighted by atomic mass is 10.6. The van der Waals surface area contributed by atoms with Crippen LogP contribution in [0.5, 0.6) is 0 Å². The maximum Gasteiger partial charge on any atom is 0.231 e. The Morgan fingerprint density at radius 3 is 2.00 bits per heavy atom. The molecule has 5 heteroatoms. The van der Waals surface area contributed by atoms with Crippen molar-refractivity contribution in [1.82, 2.24) is 5.32 Å². The summed E-state index contributed by atoms with van der Waals surface area (Å²) in [6, 6.07) is 0. The molecule has 0 saturated carbocycles. The number of hydrogen-bond acceptors (Lipinski definition) is 2. The van der Waals surface area contributed by atoms with Crippen molar-refractivity contribution in [2.75, 3.05) is 13.6 Å². The van der Waals surface area contributed by atoms with Gasteiger partial charge in [0.1, 0.15) is 0 Å². The van der Waals surface area contributed by atoms with Gasteiger partial charge in [-0.05, 0) is 7.05 Å². The third-order valence-corrected chi connectivity index (χ3v) is 0.351. The largest absolute Gasteiger partial charge is 0.369 e. The summed E-state index contributed by atoms with van der Waals surface area (Å²) in [7, 11) is 1.67. The van der Waals surface area contributed by atoms with E-state index in [4.69, 9.17) is 5.73 Å². The summed E-state index contributed by atoms with van der Waals surface area (Å²) in [6.45, 7) is 0.264. The molecular weight excluding hydrogens is 240 g/mol. The van der Waals surface area contributed by atoms with Crippen molar-refractivity contribution >= 4 is 39.9 Å². The van der Waals surface area contributed by atoms with Gasteiger partial charge < -0.3 is 11.1 Å². The maximum absolute atomic E-state index is 9.76. The fraction of sp³-hybridized carbons (Fsp3) is 0.667. The number of nitrogens with one attached hydrogen (secondary N) is 1. The van der Waals surface area contributed by atoms with Crippen molar-refractivity contribution in [3.05, 3.63) is 0 Å². The summed E-state index contributed by atoms with van der Waals surface area (Å²) < 4.78 is 0. The first-order valence-electron chi connectivity index (χ1n) is 1.70. The first-order valence-corrected chi connectivity index (χ1v) is 1.70. The summed E-state index contributed by atoms with van der Waals surface area (Å²) in [5, 5.41) is 2.59. The third-order valence-electron chi connectivity index (χ3n) is 0.351. The van der Waals surface area contributed by atoms with E-state index in [1.807, 2.05) is 0 Å². The highest BCUT2D eigenvalue weighted by Gasteiger charge is 1.82. The average molecular weight is 250 g/mol. The second kappa shape index (κ2) is 10.4. The molecule has 0 aromatic carbocycles. The smallest absolute Gasteiger partial charge is 0.231 e. The average Bonchev–Trinajstić information content (AvgIpc) is 1.35. The Bertz CT molecular complexity index is 59.2. The molecule has 0 aliphatic rings. The number of carbonyl (C=O) groups excluding carboxylic acids is 1. The topological polar surface area (TPSA) is 55.1 Å². The van der Waals surface area contributed by atoms with Crippen LogP contribution in [-0.2, 0) is 4.79 Å². The summed E-state index contributed by atoms with van der Waals surface area (Å²) >= 11 is 0. The number of carbonyl (C=O) groups is 1. The van der Waals surface area contributed by atoms with E-state index in [0.717, 1.165) is 0 Å². The lowest BCUT2D eigenvalue weighted by Gasteiger charge is -1.85. The zero-order chi connectivity index (χ0) is 4.99. The maximum atomic E-state index is 9.76. The van der Waals surface area contributed by atoms with E-state index in [0.29, 0.717) is 0 Å². The van der Waals surface area contributed by atoms with Crippen molar-refractivity contribution in [3.8, 4) is 0 Å². The number of primary amides is 1. The molecule has 8 heavy (non-hydrogen) atoms. The molecule has 0 radical (unpaired) electrons. The van der Waals surface area contributed by atoms with Crippen LogP contribution in [-0.4, -0.2) is 19.5 Å². The van der Waals surface area contributed by atoms with Crippen LogP contribution in [0.3, 0.4) is 0 Å². The van der Waals surface area contributed by atoms with Crippen molar-refractivity contribution in [1.29, 1.82) is 0 Å². The van der Waals surface area contributed by atoms with E-state index >= 15 is 0 Å². The van der Waals surface area contributed by atoms with Crippen molar-refractivity contribution < 1.29 is 4.79 Å². The Hall–Kier alpha value is 0.390. The van der Waals surface area contributed by atoms with E-state index < -0.39 is 0 Å². The van der Waals surface area contributed by atoms with Crippen LogP contribution < -0.4 is 11.1 Å². The van der Waals surface area contributed by atoms with Crippen molar-refractivity contribution in [2.24, 2.45) is 5.73 Å². The minimum absolute atomic E-state index is 0. The van der Waals surface area contributed by atoms with Crippen LogP contribution in [0.1, 0.15) is 0 Å². The fourth-order valence-corrected chi connectivity index (χ4v) is 0.174. The Balaban J connectivity index is -0.000000125. The highest BCUT2D eigenvalue weighted by Crippen LogP contribution is 1.44. The standard InChI is InChI=1S/C3H8N2O.2BrH/c1-5-2-3(4)6;;/h5H,2H2,1H3,(H2,4,6);2*1H. The van der Waals surface area contributed by atoms with Gasteiger partial charge >= 0.3 is 0 Å². The Kier molecular flexibility index (Phi) is 20.5. The van der Waals surface area contributed by atoms with E-state index in [1.54, 1.807) is 7.05 Å². The highest BCUT2D eigenvalue weighted by molar-refractivity contribution is 8.93.